The number of pyridine rings is 1. The number of rotatable bonds is 7. The van der Waals surface area contributed by atoms with Crippen molar-refractivity contribution in [2.45, 2.75) is 6.92 Å². The molecule has 1 aromatic rings. The molecule has 0 saturated heterocycles. The van der Waals surface area contributed by atoms with E-state index in [-0.39, 0.29) is 5.57 Å². The average molecular weight is 236 g/mol. The van der Waals surface area contributed by atoms with E-state index in [2.05, 4.69) is 11.6 Å². The van der Waals surface area contributed by atoms with Gasteiger partial charge in [0.25, 0.3) is 0 Å². The Morgan fingerprint density at radius 3 is 2.76 bits per heavy atom. The first-order valence-corrected chi connectivity index (χ1v) is 5.30. The fourth-order valence-electron chi connectivity index (χ4n) is 1.14. The molecule has 1 amide bonds. The van der Waals surface area contributed by atoms with Crippen molar-refractivity contribution in [3.63, 3.8) is 0 Å². The summed E-state index contributed by atoms with van der Waals surface area (Å²) in [5, 5.41) is 0. The summed E-state index contributed by atoms with van der Waals surface area (Å²) < 4.78 is 10.4. The highest BCUT2D eigenvalue weighted by atomic mass is 16.5. The van der Waals surface area contributed by atoms with Crippen molar-refractivity contribution in [1.29, 1.82) is 0 Å². The van der Waals surface area contributed by atoms with Gasteiger partial charge in [-0.2, -0.15) is 0 Å². The van der Waals surface area contributed by atoms with Gasteiger partial charge in [0.15, 0.2) is 0 Å². The van der Waals surface area contributed by atoms with Crippen molar-refractivity contribution in [2.75, 3.05) is 19.8 Å². The van der Waals surface area contributed by atoms with Crippen LogP contribution in [0.15, 0.2) is 24.9 Å². The molecule has 17 heavy (non-hydrogen) atoms. The summed E-state index contributed by atoms with van der Waals surface area (Å²) >= 11 is 0. The smallest absolute Gasteiger partial charge is 0.248 e. The molecular weight excluding hydrogens is 220 g/mol. The predicted octanol–water partition coefficient (Wildman–Crippen LogP) is 0.995. The highest BCUT2D eigenvalue weighted by molar-refractivity contribution is 6.17. The van der Waals surface area contributed by atoms with E-state index in [0.29, 0.717) is 31.3 Å². The van der Waals surface area contributed by atoms with Crippen LogP contribution in [-0.2, 0) is 9.53 Å². The van der Waals surface area contributed by atoms with Crippen LogP contribution in [0.5, 0.6) is 5.88 Å². The third-order valence-electron chi connectivity index (χ3n) is 2.06. The Kier molecular flexibility index (Phi) is 5.16. The fraction of sp³-hybridized carbons (Fsp3) is 0.333. The second kappa shape index (κ2) is 6.65. The summed E-state index contributed by atoms with van der Waals surface area (Å²) in [6.45, 7) is 7.11. The van der Waals surface area contributed by atoms with Crippen molar-refractivity contribution < 1.29 is 14.3 Å². The van der Waals surface area contributed by atoms with Crippen LogP contribution in [0.25, 0.3) is 5.57 Å². The lowest BCUT2D eigenvalue weighted by Crippen LogP contribution is -2.12. The second-order valence-corrected chi connectivity index (χ2v) is 3.27. The number of aromatic nitrogens is 1. The molecule has 5 heteroatoms. The quantitative estimate of drug-likeness (QED) is 0.566. The zero-order chi connectivity index (χ0) is 12.7. The van der Waals surface area contributed by atoms with Crippen molar-refractivity contribution in [1.82, 2.24) is 4.98 Å². The summed E-state index contributed by atoms with van der Waals surface area (Å²) in [7, 11) is 0. The van der Waals surface area contributed by atoms with Crippen LogP contribution in [0, 0.1) is 0 Å². The number of carbonyl (C=O) groups excluding carboxylic acids is 1. The third kappa shape index (κ3) is 4.24. The number of nitrogens with zero attached hydrogens (tertiary/aromatic N) is 1. The van der Waals surface area contributed by atoms with Gasteiger partial charge < -0.3 is 15.2 Å². The summed E-state index contributed by atoms with van der Waals surface area (Å²) in [6.07, 6.45) is 1.50. The zero-order valence-electron chi connectivity index (χ0n) is 9.81. The highest BCUT2D eigenvalue weighted by Crippen LogP contribution is 2.13. The van der Waals surface area contributed by atoms with Crippen molar-refractivity contribution in [3.8, 4) is 5.88 Å². The summed E-state index contributed by atoms with van der Waals surface area (Å²) in [5.41, 5.74) is 5.93. The molecule has 1 rings (SSSR count). The molecule has 0 fully saturated rings. The Morgan fingerprint density at radius 2 is 2.24 bits per heavy atom. The van der Waals surface area contributed by atoms with Crippen LogP contribution in [0.3, 0.4) is 0 Å². The topological polar surface area (TPSA) is 74.4 Å². The summed E-state index contributed by atoms with van der Waals surface area (Å²) in [6, 6.07) is 3.35. The highest BCUT2D eigenvalue weighted by Gasteiger charge is 2.05. The van der Waals surface area contributed by atoms with Gasteiger partial charge in [-0.15, -0.1) is 0 Å². The van der Waals surface area contributed by atoms with Crippen LogP contribution in [-0.4, -0.2) is 30.7 Å². The molecule has 0 aliphatic heterocycles. The van der Waals surface area contributed by atoms with Crippen molar-refractivity contribution >= 4 is 11.5 Å². The number of hydrogen-bond acceptors (Lipinski definition) is 4. The Labute approximate surface area is 100 Å². The normalized spacial score (nSPS) is 9.94. The Balaban J connectivity index is 2.50. The maximum atomic E-state index is 10.9. The van der Waals surface area contributed by atoms with Gasteiger partial charge in [0, 0.05) is 30.0 Å². The second-order valence-electron chi connectivity index (χ2n) is 3.27. The number of ether oxygens (including phenoxy) is 2. The summed E-state index contributed by atoms with van der Waals surface area (Å²) in [5.74, 6) is -0.0810. The average Bonchev–Trinajstić information content (AvgIpc) is 2.34. The molecule has 0 saturated carbocycles. The molecule has 0 atom stereocenters. The molecule has 5 nitrogen and oxygen atoms in total. The Bertz CT molecular complexity index is 387. The minimum absolute atomic E-state index is 0.235. The SMILES string of the molecule is C=C(C(N)=O)c1ccc(OCCOCC)nc1. The van der Waals surface area contributed by atoms with E-state index in [1.165, 1.54) is 6.20 Å². The van der Waals surface area contributed by atoms with Crippen LogP contribution < -0.4 is 10.5 Å². The zero-order valence-corrected chi connectivity index (χ0v) is 9.81. The maximum Gasteiger partial charge on any atom is 0.248 e. The van der Waals surface area contributed by atoms with Gasteiger partial charge in [-0.05, 0) is 13.0 Å². The lowest BCUT2D eigenvalue weighted by atomic mass is 10.1. The molecular formula is C12H16N2O3. The number of carbonyl (C=O) groups is 1. The van der Waals surface area contributed by atoms with Crippen LogP contribution in [0.4, 0.5) is 0 Å². The van der Waals surface area contributed by atoms with Gasteiger partial charge in [-0.25, -0.2) is 4.98 Å². The van der Waals surface area contributed by atoms with Crippen LogP contribution in [0.1, 0.15) is 12.5 Å². The summed E-state index contributed by atoms with van der Waals surface area (Å²) in [4.78, 5) is 14.9. The standard InChI is InChI=1S/C12H16N2O3/c1-3-16-6-7-17-11-5-4-10(8-14-11)9(2)12(13)15/h4-5,8H,2-3,6-7H2,1H3,(H2,13,15). The fourth-order valence-corrected chi connectivity index (χ4v) is 1.14. The van der Waals surface area contributed by atoms with E-state index < -0.39 is 5.91 Å². The lowest BCUT2D eigenvalue weighted by molar-refractivity contribution is -0.112. The van der Waals surface area contributed by atoms with Gasteiger partial charge >= 0.3 is 0 Å². The monoisotopic (exact) mass is 236 g/mol. The van der Waals surface area contributed by atoms with Crippen LogP contribution >= 0.6 is 0 Å². The molecule has 0 bridgehead atoms. The van der Waals surface area contributed by atoms with E-state index in [1.807, 2.05) is 6.92 Å². The van der Waals surface area contributed by atoms with Gasteiger partial charge in [0.2, 0.25) is 11.8 Å². The molecule has 0 aliphatic rings. The number of hydrogen-bond donors (Lipinski definition) is 1. The molecule has 0 unspecified atom stereocenters. The molecule has 1 aromatic heterocycles. The van der Waals surface area contributed by atoms with Gasteiger partial charge in [-0.3, -0.25) is 4.79 Å². The molecule has 2 N–H and O–H groups in total. The maximum absolute atomic E-state index is 10.9. The van der Waals surface area contributed by atoms with E-state index in [4.69, 9.17) is 15.2 Å². The van der Waals surface area contributed by atoms with E-state index in [1.54, 1.807) is 12.1 Å². The van der Waals surface area contributed by atoms with Crippen molar-refractivity contribution in [2.24, 2.45) is 5.73 Å². The van der Waals surface area contributed by atoms with E-state index in [0.717, 1.165) is 0 Å². The first-order chi connectivity index (χ1) is 8.15. The van der Waals surface area contributed by atoms with Gasteiger partial charge in [0.1, 0.15) is 6.61 Å². The minimum Gasteiger partial charge on any atom is -0.475 e. The van der Waals surface area contributed by atoms with E-state index >= 15 is 0 Å². The Morgan fingerprint density at radius 1 is 1.47 bits per heavy atom. The Hall–Kier alpha value is -1.88. The first-order valence-electron chi connectivity index (χ1n) is 5.30. The molecule has 1 heterocycles. The molecule has 0 aromatic carbocycles. The minimum atomic E-state index is -0.559. The van der Waals surface area contributed by atoms with Gasteiger partial charge in [0.05, 0.1) is 6.61 Å². The number of primary amides is 1. The van der Waals surface area contributed by atoms with E-state index in [9.17, 15) is 4.79 Å². The lowest BCUT2D eigenvalue weighted by Gasteiger charge is -2.06. The van der Waals surface area contributed by atoms with Crippen molar-refractivity contribution in [3.05, 3.63) is 30.5 Å². The number of nitrogens with two attached hydrogens (primary N) is 1. The van der Waals surface area contributed by atoms with Gasteiger partial charge in [-0.1, -0.05) is 6.58 Å². The number of amides is 1. The molecule has 0 aliphatic carbocycles. The largest absolute Gasteiger partial charge is 0.475 e. The molecule has 92 valence electrons. The molecule has 0 radical (unpaired) electrons. The predicted molar refractivity (Wildman–Crippen MR) is 64.5 cm³/mol. The third-order valence-corrected chi connectivity index (χ3v) is 2.06. The van der Waals surface area contributed by atoms with Crippen LogP contribution in [0.2, 0.25) is 0 Å². The molecule has 0 spiro atoms. The first kappa shape index (κ1) is 13.2.